The molecule has 0 aliphatic rings. The molecule has 21 heavy (non-hydrogen) atoms. The third-order valence-electron chi connectivity index (χ3n) is 2.52. The van der Waals surface area contributed by atoms with Crippen molar-refractivity contribution in [2.75, 3.05) is 5.32 Å². The van der Waals surface area contributed by atoms with Gasteiger partial charge in [-0.2, -0.15) is 0 Å². The van der Waals surface area contributed by atoms with Gasteiger partial charge in [-0.25, -0.2) is 14.2 Å². The molecule has 2 N–H and O–H groups in total. The summed E-state index contributed by atoms with van der Waals surface area (Å²) in [6.07, 6.45) is 0.931. The van der Waals surface area contributed by atoms with Crippen molar-refractivity contribution >= 4 is 34.8 Å². The first-order valence-corrected chi connectivity index (χ1v) is 5.86. The number of hydrogen-bond acceptors (Lipinski definition) is 5. The Labute approximate surface area is 122 Å². The quantitative estimate of drug-likeness (QED) is 0.663. The maximum absolute atomic E-state index is 13.7. The summed E-state index contributed by atoms with van der Waals surface area (Å²) in [5, 5.41) is 22.0. The number of halogens is 2. The molecule has 0 saturated heterocycles. The number of benzene rings is 1. The topological polar surface area (TPSA) is 105 Å². The molecular weight excluding hydrogens is 305 g/mol. The largest absolute Gasteiger partial charge is 0.478 e. The number of nitrogens with zero attached hydrogens (tertiary/aromatic N) is 2. The Kier molecular flexibility index (Phi) is 3.99. The van der Waals surface area contributed by atoms with Crippen LogP contribution in [0.1, 0.15) is 10.4 Å². The molecule has 1 heterocycles. The van der Waals surface area contributed by atoms with Crippen molar-refractivity contribution in [2.45, 2.75) is 0 Å². The van der Waals surface area contributed by atoms with Crippen LogP contribution < -0.4 is 5.32 Å². The number of carboxylic acid groups (broad SMARTS) is 1. The fourth-order valence-electron chi connectivity index (χ4n) is 1.53. The standard InChI is InChI=1S/C12H7ClFN3O4/c13-7-2-1-3-8(10(7)14)16-11-9(17(20)21)4-6(5-15-11)12(18)19/h1-5H,(H,15,16)(H,18,19). The minimum absolute atomic E-state index is 0.110. The van der Waals surface area contributed by atoms with Gasteiger partial charge in [0.25, 0.3) is 0 Å². The van der Waals surface area contributed by atoms with Gasteiger partial charge in [-0.1, -0.05) is 17.7 Å². The number of nitrogens with one attached hydrogen (secondary N) is 1. The van der Waals surface area contributed by atoms with Crippen molar-refractivity contribution in [3.63, 3.8) is 0 Å². The van der Waals surface area contributed by atoms with E-state index >= 15 is 0 Å². The molecule has 0 radical (unpaired) electrons. The number of aromatic nitrogens is 1. The van der Waals surface area contributed by atoms with Gasteiger partial charge >= 0.3 is 11.7 Å². The van der Waals surface area contributed by atoms with Crippen LogP contribution in [0.3, 0.4) is 0 Å². The molecule has 0 unspecified atom stereocenters. The maximum atomic E-state index is 13.7. The number of rotatable bonds is 4. The van der Waals surface area contributed by atoms with Crippen molar-refractivity contribution in [3.8, 4) is 0 Å². The zero-order chi connectivity index (χ0) is 15.6. The molecular formula is C12H7ClFN3O4. The predicted octanol–water partition coefficient (Wildman–Crippen LogP) is 3.22. The summed E-state index contributed by atoms with van der Waals surface area (Å²) in [6.45, 7) is 0. The highest BCUT2D eigenvalue weighted by Gasteiger charge is 2.20. The van der Waals surface area contributed by atoms with E-state index < -0.39 is 22.4 Å². The van der Waals surface area contributed by atoms with Crippen molar-refractivity contribution < 1.29 is 19.2 Å². The van der Waals surface area contributed by atoms with Crippen LogP contribution in [0.5, 0.6) is 0 Å². The lowest BCUT2D eigenvalue weighted by Gasteiger charge is -2.08. The molecule has 0 aliphatic heterocycles. The molecule has 2 aromatic rings. The van der Waals surface area contributed by atoms with Gasteiger partial charge in [0.1, 0.15) is 0 Å². The van der Waals surface area contributed by atoms with Crippen LogP contribution in [-0.4, -0.2) is 21.0 Å². The molecule has 1 aromatic heterocycles. The van der Waals surface area contributed by atoms with E-state index in [2.05, 4.69) is 10.3 Å². The molecule has 0 atom stereocenters. The monoisotopic (exact) mass is 311 g/mol. The van der Waals surface area contributed by atoms with Crippen molar-refractivity contribution in [1.82, 2.24) is 4.98 Å². The van der Waals surface area contributed by atoms with Crippen molar-refractivity contribution in [3.05, 3.63) is 57.0 Å². The van der Waals surface area contributed by atoms with E-state index in [9.17, 15) is 19.3 Å². The zero-order valence-electron chi connectivity index (χ0n) is 10.2. The van der Waals surface area contributed by atoms with E-state index in [0.717, 1.165) is 12.3 Å². The van der Waals surface area contributed by atoms with Gasteiger partial charge in [-0.3, -0.25) is 10.1 Å². The summed E-state index contributed by atoms with van der Waals surface area (Å²) in [5.74, 6) is -2.44. The molecule has 0 spiro atoms. The molecule has 0 aliphatic carbocycles. The smallest absolute Gasteiger partial charge is 0.337 e. The van der Waals surface area contributed by atoms with Gasteiger partial charge in [0.15, 0.2) is 5.82 Å². The highest BCUT2D eigenvalue weighted by molar-refractivity contribution is 6.31. The highest BCUT2D eigenvalue weighted by atomic mass is 35.5. The van der Waals surface area contributed by atoms with Crippen LogP contribution in [0.15, 0.2) is 30.5 Å². The minimum Gasteiger partial charge on any atom is -0.478 e. The first-order chi connectivity index (χ1) is 9.90. The van der Waals surface area contributed by atoms with Crippen LogP contribution in [0.25, 0.3) is 0 Å². The second-order valence-electron chi connectivity index (χ2n) is 3.88. The average Bonchev–Trinajstić information content (AvgIpc) is 2.43. The lowest BCUT2D eigenvalue weighted by molar-refractivity contribution is -0.384. The van der Waals surface area contributed by atoms with E-state index in [1.807, 2.05) is 0 Å². The van der Waals surface area contributed by atoms with E-state index in [0.29, 0.717) is 0 Å². The van der Waals surface area contributed by atoms with Crippen LogP contribution in [0, 0.1) is 15.9 Å². The number of anilines is 2. The fourth-order valence-corrected chi connectivity index (χ4v) is 1.71. The highest BCUT2D eigenvalue weighted by Crippen LogP contribution is 2.29. The van der Waals surface area contributed by atoms with Gasteiger partial charge in [-0.05, 0) is 12.1 Å². The van der Waals surface area contributed by atoms with E-state index in [1.54, 1.807) is 0 Å². The van der Waals surface area contributed by atoms with Crippen LogP contribution in [-0.2, 0) is 0 Å². The second kappa shape index (κ2) is 5.71. The molecule has 7 nitrogen and oxygen atoms in total. The molecule has 0 amide bonds. The summed E-state index contributed by atoms with van der Waals surface area (Å²) < 4.78 is 13.7. The van der Waals surface area contributed by atoms with Crippen molar-refractivity contribution in [1.29, 1.82) is 0 Å². The minimum atomic E-state index is -1.36. The molecule has 1 aromatic carbocycles. The summed E-state index contributed by atoms with van der Waals surface area (Å²) in [4.78, 5) is 24.6. The van der Waals surface area contributed by atoms with E-state index in [4.69, 9.17) is 16.7 Å². The number of carboxylic acids is 1. The van der Waals surface area contributed by atoms with Crippen LogP contribution >= 0.6 is 11.6 Å². The van der Waals surface area contributed by atoms with Crippen LogP contribution in [0.4, 0.5) is 21.6 Å². The van der Waals surface area contributed by atoms with E-state index in [1.165, 1.54) is 18.2 Å². The SMILES string of the molecule is O=C(O)c1cnc(Nc2cccc(Cl)c2F)c([N+](=O)[O-])c1. The third-order valence-corrected chi connectivity index (χ3v) is 2.81. The van der Waals surface area contributed by atoms with Gasteiger partial charge in [-0.15, -0.1) is 0 Å². The lowest BCUT2D eigenvalue weighted by atomic mass is 10.2. The summed E-state index contributed by atoms with van der Waals surface area (Å²) in [6, 6.07) is 4.92. The Bertz CT molecular complexity index is 738. The molecule has 9 heteroatoms. The Morgan fingerprint density at radius 1 is 1.48 bits per heavy atom. The first-order valence-electron chi connectivity index (χ1n) is 5.49. The number of nitro groups is 1. The molecule has 108 valence electrons. The lowest BCUT2D eigenvalue weighted by Crippen LogP contribution is -2.05. The van der Waals surface area contributed by atoms with Gasteiger partial charge < -0.3 is 10.4 Å². The maximum Gasteiger partial charge on any atom is 0.337 e. The molecule has 2 rings (SSSR count). The number of carbonyl (C=O) groups is 1. The Morgan fingerprint density at radius 2 is 2.19 bits per heavy atom. The van der Waals surface area contributed by atoms with Gasteiger partial charge in [0.05, 0.1) is 21.2 Å². The zero-order valence-corrected chi connectivity index (χ0v) is 11.0. The van der Waals surface area contributed by atoms with Gasteiger partial charge in [0.2, 0.25) is 5.82 Å². The normalized spacial score (nSPS) is 10.2. The van der Waals surface area contributed by atoms with Crippen LogP contribution in [0.2, 0.25) is 5.02 Å². The Morgan fingerprint density at radius 3 is 2.81 bits per heavy atom. The molecule has 0 fully saturated rings. The fraction of sp³-hybridized carbons (Fsp3) is 0. The number of aromatic carboxylic acids is 1. The van der Waals surface area contributed by atoms with E-state index in [-0.39, 0.29) is 22.1 Å². The summed E-state index contributed by atoms with van der Waals surface area (Å²) in [7, 11) is 0. The predicted molar refractivity (Wildman–Crippen MR) is 72.5 cm³/mol. The van der Waals surface area contributed by atoms with Crippen molar-refractivity contribution in [2.24, 2.45) is 0 Å². The molecule has 0 bridgehead atoms. The van der Waals surface area contributed by atoms with Gasteiger partial charge in [0, 0.05) is 12.3 Å². The Hall–Kier alpha value is -2.74. The third kappa shape index (κ3) is 3.06. The second-order valence-corrected chi connectivity index (χ2v) is 4.29. The summed E-state index contributed by atoms with van der Waals surface area (Å²) >= 11 is 5.60. The number of hydrogen-bond donors (Lipinski definition) is 2. The number of pyridine rings is 1. The Balaban J connectivity index is 2.46. The average molecular weight is 312 g/mol. The summed E-state index contributed by atoms with van der Waals surface area (Å²) in [5.41, 5.74) is -1.05. The first kappa shape index (κ1) is 14.7. The molecule has 0 saturated carbocycles.